The lowest BCUT2D eigenvalue weighted by molar-refractivity contribution is 0.386. The molecule has 0 aliphatic heterocycles. The summed E-state index contributed by atoms with van der Waals surface area (Å²) in [7, 11) is -1.00. The van der Waals surface area contributed by atoms with Gasteiger partial charge >= 0.3 is 0 Å². The van der Waals surface area contributed by atoms with E-state index in [9.17, 15) is 13.2 Å². The van der Waals surface area contributed by atoms with Crippen molar-refractivity contribution >= 4 is 15.7 Å². The minimum Gasteiger partial charge on any atom is -0.497 e. The van der Waals surface area contributed by atoms with Gasteiger partial charge in [-0.3, -0.25) is 9.52 Å². The molecular weight excluding hydrogens is 296 g/mol. The number of nitrogens with one attached hydrogen (secondary N) is 2. The van der Waals surface area contributed by atoms with Crippen LogP contribution in [0.5, 0.6) is 11.5 Å². The summed E-state index contributed by atoms with van der Waals surface area (Å²) < 4.78 is 37.1. The van der Waals surface area contributed by atoms with E-state index in [0.717, 1.165) is 0 Å². The molecule has 1 aromatic carbocycles. The van der Waals surface area contributed by atoms with Crippen molar-refractivity contribution in [2.75, 3.05) is 18.9 Å². The molecule has 0 aliphatic rings. The molecular formula is C13H14N2O5S. The number of aromatic nitrogens is 1. The van der Waals surface area contributed by atoms with Gasteiger partial charge in [-0.2, -0.15) is 0 Å². The maximum atomic E-state index is 12.3. The van der Waals surface area contributed by atoms with Crippen molar-refractivity contribution in [3.8, 4) is 11.5 Å². The number of pyridine rings is 1. The number of aromatic amines is 1. The zero-order valence-corrected chi connectivity index (χ0v) is 12.2. The molecule has 0 unspecified atom stereocenters. The highest BCUT2D eigenvalue weighted by atomic mass is 32.2. The summed E-state index contributed by atoms with van der Waals surface area (Å²) in [5.41, 5.74) is -0.0764. The number of sulfonamides is 1. The van der Waals surface area contributed by atoms with E-state index in [-0.39, 0.29) is 21.9 Å². The molecule has 2 N–H and O–H groups in total. The Kier molecular flexibility index (Phi) is 4.18. The maximum absolute atomic E-state index is 12.3. The maximum Gasteiger partial charge on any atom is 0.265 e. The van der Waals surface area contributed by atoms with Gasteiger partial charge in [-0.1, -0.05) is 0 Å². The first-order valence-corrected chi connectivity index (χ1v) is 7.38. The fraction of sp³-hybridized carbons (Fsp3) is 0.154. The number of ether oxygens (including phenoxy) is 2. The third kappa shape index (κ3) is 3.34. The van der Waals surface area contributed by atoms with Crippen molar-refractivity contribution in [2.45, 2.75) is 4.90 Å². The van der Waals surface area contributed by atoms with E-state index in [4.69, 9.17) is 9.47 Å². The van der Waals surface area contributed by atoms with Crippen LogP contribution in [0.25, 0.3) is 0 Å². The minimum atomic E-state index is -3.85. The Morgan fingerprint density at radius 1 is 1.10 bits per heavy atom. The molecule has 0 saturated carbocycles. The van der Waals surface area contributed by atoms with E-state index in [1.807, 2.05) is 0 Å². The van der Waals surface area contributed by atoms with Crippen molar-refractivity contribution < 1.29 is 17.9 Å². The van der Waals surface area contributed by atoms with Crippen LogP contribution in [0, 0.1) is 0 Å². The number of rotatable bonds is 5. The topological polar surface area (TPSA) is 97.5 Å². The Morgan fingerprint density at radius 3 is 2.43 bits per heavy atom. The summed E-state index contributed by atoms with van der Waals surface area (Å²) in [5.74, 6) is 0.640. The van der Waals surface area contributed by atoms with Gasteiger partial charge in [0.1, 0.15) is 16.4 Å². The number of anilines is 1. The number of hydrogen-bond acceptors (Lipinski definition) is 5. The molecule has 112 valence electrons. The first-order chi connectivity index (χ1) is 9.96. The molecule has 0 bridgehead atoms. The SMILES string of the molecule is COc1ccc(S(=O)(=O)Nc2ccc(=O)[nH]c2)c(OC)c1. The molecule has 0 aliphatic carbocycles. The quantitative estimate of drug-likeness (QED) is 0.864. The van der Waals surface area contributed by atoms with Gasteiger partial charge in [0.25, 0.3) is 10.0 Å². The zero-order valence-electron chi connectivity index (χ0n) is 11.4. The van der Waals surface area contributed by atoms with Crippen molar-refractivity contribution in [1.82, 2.24) is 4.98 Å². The van der Waals surface area contributed by atoms with Crippen LogP contribution in [0.3, 0.4) is 0 Å². The Hall–Kier alpha value is -2.48. The van der Waals surface area contributed by atoms with E-state index in [0.29, 0.717) is 5.75 Å². The first-order valence-electron chi connectivity index (χ1n) is 5.90. The fourth-order valence-electron chi connectivity index (χ4n) is 1.68. The molecule has 2 aromatic rings. The van der Waals surface area contributed by atoms with Crippen LogP contribution >= 0.6 is 0 Å². The van der Waals surface area contributed by atoms with E-state index >= 15 is 0 Å². The predicted molar refractivity (Wildman–Crippen MR) is 77.4 cm³/mol. The molecule has 21 heavy (non-hydrogen) atoms. The normalized spacial score (nSPS) is 11.0. The van der Waals surface area contributed by atoms with Crippen LogP contribution in [-0.4, -0.2) is 27.6 Å². The van der Waals surface area contributed by atoms with Gasteiger partial charge in [0, 0.05) is 18.3 Å². The van der Waals surface area contributed by atoms with Crippen LogP contribution < -0.4 is 19.8 Å². The van der Waals surface area contributed by atoms with Gasteiger partial charge < -0.3 is 14.5 Å². The standard InChI is InChI=1S/C13H14N2O5S/c1-19-10-4-5-12(11(7-10)20-2)21(17,18)15-9-3-6-13(16)14-8-9/h3-8,15H,1-2H3,(H,14,16). The Balaban J connectivity index is 2.39. The lowest BCUT2D eigenvalue weighted by Gasteiger charge is -2.12. The lowest BCUT2D eigenvalue weighted by atomic mass is 10.3. The van der Waals surface area contributed by atoms with Gasteiger partial charge in [0.05, 0.1) is 19.9 Å². The smallest absolute Gasteiger partial charge is 0.265 e. The van der Waals surface area contributed by atoms with Crippen molar-refractivity contribution in [3.63, 3.8) is 0 Å². The molecule has 1 aromatic heterocycles. The second-order valence-electron chi connectivity index (χ2n) is 4.06. The van der Waals surface area contributed by atoms with Gasteiger partial charge in [-0.05, 0) is 18.2 Å². The van der Waals surface area contributed by atoms with Crippen LogP contribution in [0.4, 0.5) is 5.69 Å². The second kappa shape index (κ2) is 5.88. The first kappa shape index (κ1) is 14.9. The molecule has 2 rings (SSSR count). The molecule has 7 nitrogen and oxygen atoms in total. The minimum absolute atomic E-state index is 0.0306. The number of H-pyrrole nitrogens is 1. The predicted octanol–water partition coefficient (Wildman–Crippen LogP) is 1.19. The summed E-state index contributed by atoms with van der Waals surface area (Å²) in [5, 5.41) is 0. The molecule has 8 heteroatoms. The number of methoxy groups -OCH3 is 2. The number of benzene rings is 1. The summed E-state index contributed by atoms with van der Waals surface area (Å²) in [6, 6.07) is 6.96. The van der Waals surface area contributed by atoms with Crippen LogP contribution in [0.2, 0.25) is 0 Å². The van der Waals surface area contributed by atoms with E-state index in [1.54, 1.807) is 0 Å². The highest BCUT2D eigenvalue weighted by Gasteiger charge is 2.20. The lowest BCUT2D eigenvalue weighted by Crippen LogP contribution is -2.15. The van der Waals surface area contributed by atoms with Gasteiger partial charge in [0.15, 0.2) is 0 Å². The summed E-state index contributed by atoms with van der Waals surface area (Å²) in [4.78, 5) is 13.3. The second-order valence-corrected chi connectivity index (χ2v) is 5.71. The molecule has 0 radical (unpaired) electrons. The van der Waals surface area contributed by atoms with Crippen LogP contribution in [-0.2, 0) is 10.0 Å². The molecule has 0 saturated heterocycles. The Labute approximate surface area is 121 Å². The largest absolute Gasteiger partial charge is 0.497 e. The summed E-state index contributed by atoms with van der Waals surface area (Å²) >= 11 is 0. The summed E-state index contributed by atoms with van der Waals surface area (Å²) in [6.07, 6.45) is 1.27. The summed E-state index contributed by atoms with van der Waals surface area (Å²) in [6.45, 7) is 0. The van der Waals surface area contributed by atoms with Gasteiger partial charge in [-0.15, -0.1) is 0 Å². The highest BCUT2D eigenvalue weighted by molar-refractivity contribution is 7.92. The van der Waals surface area contributed by atoms with Gasteiger partial charge in [-0.25, -0.2) is 8.42 Å². The average molecular weight is 310 g/mol. The molecule has 0 amide bonds. The molecule has 0 spiro atoms. The highest BCUT2D eigenvalue weighted by Crippen LogP contribution is 2.29. The van der Waals surface area contributed by atoms with E-state index in [2.05, 4.69) is 9.71 Å². The van der Waals surface area contributed by atoms with Crippen molar-refractivity contribution in [2.24, 2.45) is 0 Å². The van der Waals surface area contributed by atoms with E-state index in [1.165, 1.54) is 50.7 Å². The van der Waals surface area contributed by atoms with Crippen molar-refractivity contribution in [3.05, 3.63) is 46.9 Å². The Bertz CT molecular complexity index is 778. The number of hydrogen-bond donors (Lipinski definition) is 2. The van der Waals surface area contributed by atoms with Crippen LogP contribution in [0.1, 0.15) is 0 Å². The molecule has 0 atom stereocenters. The zero-order chi connectivity index (χ0) is 15.5. The van der Waals surface area contributed by atoms with Crippen LogP contribution in [0.15, 0.2) is 46.2 Å². The monoisotopic (exact) mass is 310 g/mol. The third-order valence-electron chi connectivity index (χ3n) is 2.70. The van der Waals surface area contributed by atoms with Gasteiger partial charge in [0.2, 0.25) is 5.56 Å². The van der Waals surface area contributed by atoms with E-state index < -0.39 is 10.0 Å². The Morgan fingerprint density at radius 2 is 1.86 bits per heavy atom. The fourth-order valence-corrected chi connectivity index (χ4v) is 2.88. The molecule has 0 fully saturated rings. The molecule has 1 heterocycles. The van der Waals surface area contributed by atoms with Crippen molar-refractivity contribution in [1.29, 1.82) is 0 Å². The average Bonchev–Trinajstić information content (AvgIpc) is 2.48. The third-order valence-corrected chi connectivity index (χ3v) is 4.12.